The van der Waals surface area contributed by atoms with Gasteiger partial charge in [-0.15, -0.1) is 0 Å². The summed E-state index contributed by atoms with van der Waals surface area (Å²) in [5.74, 6) is 2.76. The van der Waals surface area contributed by atoms with Crippen molar-refractivity contribution in [1.29, 1.82) is 0 Å². The Morgan fingerprint density at radius 3 is 1.60 bits per heavy atom. The number of para-hydroxylation sites is 1. The van der Waals surface area contributed by atoms with Crippen LogP contribution in [-0.2, 0) is 9.59 Å². The maximum Gasteiger partial charge on any atom is 0.232 e. The molecule has 2 amide bonds. The first kappa shape index (κ1) is 44.8. The van der Waals surface area contributed by atoms with E-state index in [9.17, 15) is 9.59 Å². The summed E-state index contributed by atoms with van der Waals surface area (Å²) >= 11 is 12.6. The number of nitrogens with one attached hydrogen (secondary N) is 4. The summed E-state index contributed by atoms with van der Waals surface area (Å²) in [6.07, 6.45) is 6.24. The summed E-state index contributed by atoms with van der Waals surface area (Å²) in [6.45, 7) is 8.63. The van der Waals surface area contributed by atoms with Gasteiger partial charge in [-0.05, 0) is 86.0 Å². The predicted molar refractivity (Wildman–Crippen MR) is 254 cm³/mol. The first-order valence-electron chi connectivity index (χ1n) is 21.6. The number of nitrogens with zero attached hydrogens (tertiary/aromatic N) is 8. The Morgan fingerprint density at radius 2 is 1.09 bits per heavy atom. The van der Waals surface area contributed by atoms with Gasteiger partial charge in [0.05, 0.1) is 5.02 Å². The summed E-state index contributed by atoms with van der Waals surface area (Å²) < 4.78 is 12.3. The summed E-state index contributed by atoms with van der Waals surface area (Å²) in [6, 6.07) is 24.3. The molecular formula is C47H50Cl2N12O4. The van der Waals surface area contributed by atoms with Gasteiger partial charge < -0.3 is 40.5 Å². The third kappa shape index (κ3) is 11.7. The van der Waals surface area contributed by atoms with Gasteiger partial charge in [-0.3, -0.25) is 9.59 Å². The van der Waals surface area contributed by atoms with Crippen LogP contribution in [0.4, 0.5) is 46.5 Å². The van der Waals surface area contributed by atoms with Crippen molar-refractivity contribution in [3.8, 4) is 11.5 Å². The molecular weight excluding hydrogens is 868 g/mol. The van der Waals surface area contributed by atoms with Crippen molar-refractivity contribution in [3.63, 3.8) is 0 Å². The maximum atomic E-state index is 13.1. The van der Waals surface area contributed by atoms with Crippen LogP contribution in [0.2, 0.25) is 10.0 Å². The third-order valence-corrected chi connectivity index (χ3v) is 12.2. The number of halogens is 2. The van der Waals surface area contributed by atoms with Crippen LogP contribution in [0, 0.1) is 20.8 Å². The van der Waals surface area contributed by atoms with E-state index in [1.54, 1.807) is 0 Å². The minimum atomic E-state index is -0.296. The first-order chi connectivity index (χ1) is 31.5. The quantitative estimate of drug-likeness (QED) is 0.0764. The van der Waals surface area contributed by atoms with E-state index < -0.39 is 0 Å². The molecule has 6 aromatic rings. The maximum absolute atomic E-state index is 13.1. The number of aromatic nitrogens is 6. The molecule has 0 atom stereocenters. The van der Waals surface area contributed by atoms with Crippen LogP contribution in [0.5, 0.6) is 11.5 Å². The molecule has 0 aliphatic carbocycles. The average Bonchev–Trinajstić information content (AvgIpc) is 3.31. The number of piperidine rings is 2. The minimum Gasteiger partial charge on any atom is -0.490 e. The van der Waals surface area contributed by atoms with Gasteiger partial charge in [0.25, 0.3) is 0 Å². The van der Waals surface area contributed by atoms with E-state index in [0.29, 0.717) is 64.1 Å². The number of aryl methyl sites for hydroxylation is 1. The van der Waals surface area contributed by atoms with Gasteiger partial charge in [-0.25, -0.2) is 19.9 Å². The first-order valence-corrected chi connectivity index (χ1v) is 22.3. The van der Waals surface area contributed by atoms with E-state index >= 15 is 0 Å². The molecule has 0 unspecified atom stereocenters. The summed E-state index contributed by atoms with van der Waals surface area (Å²) in [5.41, 5.74) is 5.24. The monoisotopic (exact) mass is 916 g/mol. The van der Waals surface area contributed by atoms with E-state index in [2.05, 4.69) is 61.0 Å². The lowest BCUT2D eigenvalue weighted by Gasteiger charge is -2.32. The zero-order valence-corrected chi connectivity index (χ0v) is 37.9. The largest absolute Gasteiger partial charge is 0.490 e. The molecule has 8 rings (SSSR count). The fourth-order valence-electron chi connectivity index (χ4n) is 7.61. The van der Waals surface area contributed by atoms with Gasteiger partial charge in [0.15, 0.2) is 0 Å². The lowest BCUT2D eigenvalue weighted by atomic mass is 10.1. The highest BCUT2D eigenvalue weighted by molar-refractivity contribution is 6.32. The van der Waals surface area contributed by atoms with Crippen molar-refractivity contribution in [1.82, 2.24) is 29.9 Å². The second-order valence-electron chi connectivity index (χ2n) is 16.0. The van der Waals surface area contributed by atoms with E-state index in [0.717, 1.165) is 72.6 Å². The molecule has 2 aromatic heterocycles. The number of ether oxygens (including phenoxy) is 2. The smallest absolute Gasteiger partial charge is 0.232 e. The standard InChI is InChI=1S/C47H50Cl2N12O4/c1-29-14-15-34(26-36(29)49)64-32-18-22-60(23-19-32)46-52-27-50-44(58-46)56-39-11-6-9-37(30(39)2)54-42(62)16-17-43(63)55-38-10-7-12-40(31(38)3)57-45-51-28-53-47(59-45)61-24-20-33(21-25-61)65-41-13-5-4-8-35(41)48/h4-15,26-28,32-33H,16-25H2,1-3H3,(H,54,62)(H,55,63)(H,50,52,56,58)(H,51,53,57,59). The number of benzene rings is 4. The van der Waals surface area contributed by atoms with Crippen molar-refractivity contribution in [2.24, 2.45) is 0 Å². The Morgan fingerprint density at radius 1 is 0.600 bits per heavy atom. The van der Waals surface area contributed by atoms with Crippen LogP contribution in [0.1, 0.15) is 55.2 Å². The molecule has 4 aromatic carbocycles. The molecule has 0 saturated carbocycles. The molecule has 336 valence electrons. The van der Waals surface area contributed by atoms with Crippen molar-refractivity contribution in [2.75, 3.05) is 57.2 Å². The van der Waals surface area contributed by atoms with E-state index in [1.807, 2.05) is 99.6 Å². The molecule has 2 fully saturated rings. The zero-order chi connectivity index (χ0) is 45.3. The zero-order valence-electron chi connectivity index (χ0n) is 36.4. The molecule has 0 spiro atoms. The molecule has 16 nitrogen and oxygen atoms in total. The number of rotatable bonds is 15. The average molecular weight is 918 g/mol. The summed E-state index contributed by atoms with van der Waals surface area (Å²) in [4.78, 5) is 57.4. The minimum absolute atomic E-state index is 0.0196. The van der Waals surface area contributed by atoms with Crippen molar-refractivity contribution in [2.45, 2.75) is 71.5 Å². The van der Waals surface area contributed by atoms with Gasteiger partial charge >= 0.3 is 0 Å². The van der Waals surface area contributed by atoms with Crippen LogP contribution in [0.25, 0.3) is 0 Å². The Kier molecular flexibility index (Phi) is 14.3. The Hall–Kier alpha value is -6.78. The fourth-order valence-corrected chi connectivity index (χ4v) is 7.96. The van der Waals surface area contributed by atoms with Gasteiger partial charge in [-0.1, -0.05) is 53.5 Å². The number of carbonyl (C=O) groups excluding carboxylic acids is 2. The summed E-state index contributed by atoms with van der Waals surface area (Å²) in [7, 11) is 0. The second kappa shape index (κ2) is 20.8. The van der Waals surface area contributed by atoms with Gasteiger partial charge in [0, 0.05) is 92.5 Å². The molecule has 4 heterocycles. The van der Waals surface area contributed by atoms with Crippen LogP contribution < -0.4 is 40.5 Å². The van der Waals surface area contributed by atoms with Gasteiger partial charge in [0.1, 0.15) is 36.4 Å². The van der Waals surface area contributed by atoms with Gasteiger partial charge in [0.2, 0.25) is 35.6 Å². The molecule has 18 heteroatoms. The summed E-state index contributed by atoms with van der Waals surface area (Å²) in [5, 5.41) is 13.7. The highest BCUT2D eigenvalue weighted by Crippen LogP contribution is 2.31. The van der Waals surface area contributed by atoms with Crippen molar-refractivity contribution in [3.05, 3.63) is 118 Å². The highest BCUT2D eigenvalue weighted by Gasteiger charge is 2.25. The second-order valence-corrected chi connectivity index (χ2v) is 16.8. The normalized spacial score (nSPS) is 14.4. The third-order valence-electron chi connectivity index (χ3n) is 11.4. The fraction of sp³-hybridized carbons (Fsp3) is 0.319. The topological polar surface area (TPSA) is 185 Å². The van der Waals surface area contributed by atoms with Gasteiger partial charge in [-0.2, -0.15) is 9.97 Å². The molecule has 2 aliphatic rings. The van der Waals surface area contributed by atoms with Crippen LogP contribution in [-0.4, -0.2) is 80.1 Å². The van der Waals surface area contributed by atoms with Crippen LogP contribution in [0.3, 0.4) is 0 Å². The number of amides is 2. The number of carbonyl (C=O) groups is 2. The molecule has 65 heavy (non-hydrogen) atoms. The van der Waals surface area contributed by atoms with E-state index in [-0.39, 0.29) is 36.9 Å². The number of hydrogen-bond donors (Lipinski definition) is 4. The SMILES string of the molecule is Cc1ccc(OC2CCN(c3ncnc(Nc4cccc(NC(=O)CCC(=O)Nc5cccc(Nc6ncnc(N7CCC(Oc8ccccc8Cl)CC7)n6)c5C)c4C)n3)CC2)cc1Cl. The van der Waals surface area contributed by atoms with Crippen molar-refractivity contribution < 1.29 is 19.1 Å². The van der Waals surface area contributed by atoms with Crippen molar-refractivity contribution >= 4 is 81.6 Å². The Bertz CT molecular complexity index is 2640. The van der Waals surface area contributed by atoms with E-state index in [1.165, 1.54) is 12.7 Å². The van der Waals surface area contributed by atoms with E-state index in [4.69, 9.17) is 32.7 Å². The highest BCUT2D eigenvalue weighted by atomic mass is 35.5. The lowest BCUT2D eigenvalue weighted by Crippen LogP contribution is -2.39. The van der Waals surface area contributed by atoms with Crippen LogP contribution in [0.15, 0.2) is 91.5 Å². The number of hydrogen-bond acceptors (Lipinski definition) is 14. The molecule has 2 saturated heterocycles. The molecule has 0 radical (unpaired) electrons. The molecule has 2 aliphatic heterocycles. The van der Waals surface area contributed by atoms with Crippen LogP contribution >= 0.6 is 23.2 Å². The Balaban J connectivity index is 0.795. The predicted octanol–water partition coefficient (Wildman–Crippen LogP) is 9.23. The molecule has 0 bridgehead atoms. The molecule has 4 N–H and O–H groups in total. The number of anilines is 8. The lowest BCUT2D eigenvalue weighted by molar-refractivity contribution is -0.121. The Labute approximate surface area is 387 Å².